The Morgan fingerprint density at radius 2 is 2.57 bits per heavy atom. The van der Waals surface area contributed by atoms with E-state index in [-0.39, 0.29) is 0 Å². The van der Waals surface area contributed by atoms with Crippen LogP contribution in [0.5, 0.6) is 0 Å². The Kier molecular flexibility index (Phi) is 0.356. The first-order chi connectivity index (χ1) is 3.38. The van der Waals surface area contributed by atoms with Gasteiger partial charge in [-0.1, -0.05) is 0 Å². The van der Waals surface area contributed by atoms with Crippen molar-refractivity contribution < 1.29 is 0 Å². The van der Waals surface area contributed by atoms with Crippen LogP contribution in [0.15, 0.2) is 4.99 Å². The van der Waals surface area contributed by atoms with Crippen molar-refractivity contribution in [1.82, 2.24) is 9.80 Å². The van der Waals surface area contributed by atoms with Gasteiger partial charge in [0.25, 0.3) is 0 Å². The Bertz CT molecular complexity index is 129. The van der Waals surface area contributed by atoms with E-state index in [4.69, 9.17) is 0 Å². The molecular formula is C4H7N3. The van der Waals surface area contributed by atoms with Gasteiger partial charge in [-0.2, -0.15) is 0 Å². The van der Waals surface area contributed by atoms with Gasteiger partial charge in [0.2, 0.25) is 5.96 Å². The third kappa shape index (κ3) is 0.213. The van der Waals surface area contributed by atoms with E-state index in [2.05, 4.69) is 21.8 Å². The molecule has 2 aliphatic heterocycles. The highest BCUT2D eigenvalue weighted by atomic mass is 15.6. The fourth-order valence-corrected chi connectivity index (χ4v) is 0.945. The highest BCUT2D eigenvalue weighted by Crippen LogP contribution is 2.16. The van der Waals surface area contributed by atoms with Crippen LogP contribution in [0.3, 0.4) is 0 Å². The van der Waals surface area contributed by atoms with Crippen LogP contribution in [0.25, 0.3) is 0 Å². The summed E-state index contributed by atoms with van der Waals surface area (Å²) >= 11 is 0. The average Bonchev–Trinajstić information content (AvgIpc) is 1.59. The Labute approximate surface area is 42.2 Å². The van der Waals surface area contributed by atoms with Gasteiger partial charge in [0, 0.05) is 7.05 Å². The van der Waals surface area contributed by atoms with Gasteiger partial charge in [0.05, 0.1) is 6.67 Å². The summed E-state index contributed by atoms with van der Waals surface area (Å²) in [6, 6.07) is 0. The van der Waals surface area contributed by atoms with E-state index in [1.807, 2.05) is 0 Å². The maximum Gasteiger partial charge on any atom is 0.202 e. The standard InChI is InChI=1S/C4H7N3/c1-6-3-7-2-5-4(6)7/h2-3H2,1H3. The molecule has 0 unspecified atom stereocenters. The molecule has 0 aliphatic carbocycles. The van der Waals surface area contributed by atoms with Crippen LogP contribution < -0.4 is 0 Å². The van der Waals surface area contributed by atoms with Gasteiger partial charge in [0.15, 0.2) is 0 Å². The predicted octanol–water partition coefficient (Wildman–Crippen LogP) is -0.482. The third-order valence-corrected chi connectivity index (χ3v) is 1.39. The Morgan fingerprint density at radius 1 is 1.71 bits per heavy atom. The SMILES string of the molecule is CN1CN2CN=C12. The molecule has 0 amide bonds. The lowest BCUT2D eigenvalue weighted by Gasteiger charge is -2.48. The van der Waals surface area contributed by atoms with E-state index in [0.717, 1.165) is 13.3 Å². The summed E-state index contributed by atoms with van der Waals surface area (Å²) in [4.78, 5) is 8.44. The Morgan fingerprint density at radius 3 is 2.57 bits per heavy atom. The van der Waals surface area contributed by atoms with Crippen LogP contribution in [0.4, 0.5) is 0 Å². The number of fused-ring (bicyclic) bond motifs is 1. The molecular weight excluding hydrogens is 90.1 g/mol. The summed E-state index contributed by atoms with van der Waals surface area (Å²) in [5, 5.41) is 0. The number of nitrogens with zero attached hydrogens (tertiary/aromatic N) is 3. The largest absolute Gasteiger partial charge is 0.328 e. The van der Waals surface area contributed by atoms with Gasteiger partial charge in [0.1, 0.15) is 6.67 Å². The summed E-state index contributed by atoms with van der Waals surface area (Å²) in [6.45, 7) is 2.01. The summed E-state index contributed by atoms with van der Waals surface area (Å²) in [5.41, 5.74) is 0. The van der Waals surface area contributed by atoms with Crippen molar-refractivity contribution in [2.24, 2.45) is 4.99 Å². The third-order valence-electron chi connectivity index (χ3n) is 1.39. The second-order valence-electron chi connectivity index (χ2n) is 1.98. The van der Waals surface area contributed by atoms with E-state index in [1.165, 1.54) is 5.96 Å². The number of aliphatic imine (C=N–C) groups is 1. The Hall–Kier alpha value is -0.730. The van der Waals surface area contributed by atoms with Gasteiger partial charge in [-0.25, -0.2) is 4.99 Å². The maximum absolute atomic E-state index is 4.09. The molecule has 1 fully saturated rings. The molecule has 0 aromatic rings. The van der Waals surface area contributed by atoms with Crippen LogP contribution in [0, 0.1) is 0 Å². The summed E-state index contributed by atoms with van der Waals surface area (Å²) in [7, 11) is 2.05. The first-order valence-corrected chi connectivity index (χ1v) is 2.38. The number of rotatable bonds is 0. The summed E-state index contributed by atoms with van der Waals surface area (Å²) in [5.74, 6) is 1.17. The van der Waals surface area contributed by atoms with Crippen molar-refractivity contribution in [3.05, 3.63) is 0 Å². The molecule has 0 saturated carbocycles. The molecule has 0 aromatic carbocycles. The first kappa shape index (κ1) is 3.29. The minimum absolute atomic E-state index is 0.930. The molecule has 38 valence electrons. The van der Waals surface area contributed by atoms with Crippen LogP contribution in [-0.2, 0) is 0 Å². The second-order valence-corrected chi connectivity index (χ2v) is 1.98. The van der Waals surface area contributed by atoms with E-state index >= 15 is 0 Å². The molecule has 0 atom stereocenters. The van der Waals surface area contributed by atoms with Gasteiger partial charge >= 0.3 is 0 Å². The highest BCUT2D eigenvalue weighted by molar-refractivity contribution is 5.87. The first-order valence-electron chi connectivity index (χ1n) is 2.38. The van der Waals surface area contributed by atoms with Gasteiger partial charge < -0.3 is 9.80 Å². The quantitative estimate of drug-likeness (QED) is 0.406. The van der Waals surface area contributed by atoms with Crippen molar-refractivity contribution in [2.45, 2.75) is 0 Å². The van der Waals surface area contributed by atoms with E-state index in [9.17, 15) is 0 Å². The minimum Gasteiger partial charge on any atom is -0.328 e. The fraction of sp³-hybridized carbons (Fsp3) is 0.750. The fourth-order valence-electron chi connectivity index (χ4n) is 0.945. The lowest BCUT2D eigenvalue weighted by molar-refractivity contribution is 0.147. The predicted molar refractivity (Wildman–Crippen MR) is 26.8 cm³/mol. The van der Waals surface area contributed by atoms with E-state index in [0.29, 0.717) is 0 Å². The van der Waals surface area contributed by atoms with Crippen molar-refractivity contribution in [2.75, 3.05) is 20.4 Å². The Balaban J connectivity index is 2.22. The molecule has 3 nitrogen and oxygen atoms in total. The molecule has 2 aliphatic rings. The lowest BCUT2D eigenvalue weighted by atomic mass is 10.4. The zero-order valence-corrected chi connectivity index (χ0v) is 4.26. The molecule has 0 bridgehead atoms. The molecule has 2 heterocycles. The van der Waals surface area contributed by atoms with Crippen LogP contribution in [-0.4, -0.2) is 36.1 Å². The summed E-state index contributed by atoms with van der Waals surface area (Å²) in [6.07, 6.45) is 0. The van der Waals surface area contributed by atoms with Crippen LogP contribution >= 0.6 is 0 Å². The molecule has 3 heteroatoms. The molecule has 0 radical (unpaired) electrons. The normalized spacial score (nSPS) is 25.0. The maximum atomic E-state index is 4.09. The average molecular weight is 97.1 g/mol. The molecule has 0 spiro atoms. The van der Waals surface area contributed by atoms with Crippen molar-refractivity contribution in [3.63, 3.8) is 0 Å². The smallest absolute Gasteiger partial charge is 0.202 e. The molecule has 1 saturated heterocycles. The van der Waals surface area contributed by atoms with Gasteiger partial charge in [-0.15, -0.1) is 0 Å². The minimum atomic E-state index is 0.930. The molecule has 0 N–H and O–H groups in total. The monoisotopic (exact) mass is 97.1 g/mol. The lowest BCUT2D eigenvalue weighted by Crippen LogP contribution is -2.64. The van der Waals surface area contributed by atoms with Crippen LogP contribution in [0.1, 0.15) is 0 Å². The van der Waals surface area contributed by atoms with Crippen LogP contribution in [0.2, 0.25) is 0 Å². The molecule has 2 rings (SSSR count). The second kappa shape index (κ2) is 0.757. The number of hydrogen-bond donors (Lipinski definition) is 0. The highest BCUT2D eigenvalue weighted by Gasteiger charge is 2.32. The van der Waals surface area contributed by atoms with Gasteiger partial charge in [-0.05, 0) is 0 Å². The summed E-state index contributed by atoms with van der Waals surface area (Å²) < 4.78 is 0. The zero-order chi connectivity index (χ0) is 4.85. The topological polar surface area (TPSA) is 18.8 Å². The molecule has 0 aromatic heterocycles. The molecule has 7 heavy (non-hydrogen) atoms. The number of guanidine groups is 1. The van der Waals surface area contributed by atoms with Crippen molar-refractivity contribution >= 4 is 5.96 Å². The van der Waals surface area contributed by atoms with Crippen molar-refractivity contribution in [3.8, 4) is 0 Å². The van der Waals surface area contributed by atoms with E-state index < -0.39 is 0 Å². The van der Waals surface area contributed by atoms with Crippen molar-refractivity contribution in [1.29, 1.82) is 0 Å². The zero-order valence-electron chi connectivity index (χ0n) is 4.26. The van der Waals surface area contributed by atoms with E-state index in [1.54, 1.807) is 0 Å². The van der Waals surface area contributed by atoms with Gasteiger partial charge in [-0.3, -0.25) is 0 Å². The number of hydrogen-bond acceptors (Lipinski definition) is 3.